The molecule has 0 aliphatic carbocycles. The predicted octanol–water partition coefficient (Wildman–Crippen LogP) is 2.32. The lowest BCUT2D eigenvalue weighted by Gasteiger charge is -2.19. The van der Waals surface area contributed by atoms with Crippen molar-refractivity contribution >= 4 is 5.69 Å². The molecular weight excluding hydrogens is 254 g/mol. The van der Waals surface area contributed by atoms with Gasteiger partial charge in [-0.1, -0.05) is 6.07 Å². The highest BCUT2D eigenvalue weighted by atomic mass is 16.7. The van der Waals surface area contributed by atoms with Gasteiger partial charge in [0.15, 0.2) is 11.5 Å². The molecule has 0 radical (unpaired) electrons. The van der Waals surface area contributed by atoms with E-state index < -0.39 is 0 Å². The predicted molar refractivity (Wildman–Crippen MR) is 73.6 cm³/mol. The first-order valence-corrected chi connectivity index (χ1v) is 6.22. The number of hydrogen-bond donors (Lipinski definition) is 0. The van der Waals surface area contributed by atoms with Crippen molar-refractivity contribution in [1.29, 1.82) is 5.26 Å². The van der Waals surface area contributed by atoms with E-state index in [9.17, 15) is 0 Å². The number of ether oxygens (including phenoxy) is 2. The van der Waals surface area contributed by atoms with Gasteiger partial charge in [0.05, 0.1) is 11.9 Å². The number of rotatable bonds is 3. The standard InChI is InChI=1S/C15H13N3O2/c1-18(13-4-3-12(7-16)17-8-13)9-11-2-5-14-15(6-11)20-10-19-14/h2-6,8H,9-10H2,1H3. The maximum absolute atomic E-state index is 8.74. The van der Waals surface area contributed by atoms with E-state index in [0.29, 0.717) is 5.69 Å². The highest BCUT2D eigenvalue weighted by Gasteiger charge is 2.13. The normalized spacial score (nSPS) is 12.0. The summed E-state index contributed by atoms with van der Waals surface area (Å²) in [5.74, 6) is 1.57. The summed E-state index contributed by atoms with van der Waals surface area (Å²) >= 11 is 0. The SMILES string of the molecule is CN(Cc1ccc2c(c1)OCO2)c1ccc(C#N)nc1. The fourth-order valence-electron chi connectivity index (χ4n) is 2.08. The number of benzene rings is 1. The molecule has 0 atom stereocenters. The van der Waals surface area contributed by atoms with E-state index >= 15 is 0 Å². The molecule has 2 aromatic rings. The lowest BCUT2D eigenvalue weighted by molar-refractivity contribution is 0.174. The van der Waals surface area contributed by atoms with Crippen molar-refractivity contribution in [3.05, 3.63) is 47.8 Å². The third-order valence-electron chi connectivity index (χ3n) is 3.16. The molecule has 20 heavy (non-hydrogen) atoms. The smallest absolute Gasteiger partial charge is 0.231 e. The van der Waals surface area contributed by atoms with Gasteiger partial charge in [-0.05, 0) is 29.8 Å². The average molecular weight is 267 g/mol. The van der Waals surface area contributed by atoms with E-state index in [1.165, 1.54) is 0 Å². The van der Waals surface area contributed by atoms with E-state index in [1.807, 2.05) is 37.4 Å². The molecule has 2 heterocycles. The molecule has 0 fully saturated rings. The molecule has 5 heteroatoms. The zero-order chi connectivity index (χ0) is 13.9. The van der Waals surface area contributed by atoms with Gasteiger partial charge >= 0.3 is 0 Å². The summed E-state index contributed by atoms with van der Waals surface area (Å²) in [6.45, 7) is 1.01. The largest absolute Gasteiger partial charge is 0.454 e. The molecule has 0 saturated carbocycles. The number of nitrogens with zero attached hydrogens (tertiary/aromatic N) is 3. The van der Waals surface area contributed by atoms with Crippen LogP contribution in [-0.2, 0) is 6.54 Å². The molecule has 1 aromatic carbocycles. The molecule has 1 aromatic heterocycles. The summed E-state index contributed by atoms with van der Waals surface area (Å²) in [7, 11) is 1.98. The van der Waals surface area contributed by atoms with Gasteiger partial charge in [-0.25, -0.2) is 4.98 Å². The lowest BCUT2D eigenvalue weighted by Crippen LogP contribution is -2.16. The fraction of sp³-hybridized carbons (Fsp3) is 0.200. The van der Waals surface area contributed by atoms with Crippen LogP contribution in [0.3, 0.4) is 0 Å². The Labute approximate surface area is 117 Å². The van der Waals surface area contributed by atoms with Crippen LogP contribution in [0, 0.1) is 11.3 Å². The molecule has 0 saturated heterocycles. The van der Waals surface area contributed by atoms with Crippen LogP contribution in [0.5, 0.6) is 11.5 Å². The van der Waals surface area contributed by atoms with Gasteiger partial charge in [-0.2, -0.15) is 5.26 Å². The van der Waals surface area contributed by atoms with Gasteiger partial charge in [0.2, 0.25) is 6.79 Å². The summed E-state index contributed by atoms with van der Waals surface area (Å²) in [6, 6.07) is 11.5. The molecule has 0 bridgehead atoms. The first-order valence-electron chi connectivity index (χ1n) is 6.22. The Morgan fingerprint density at radius 2 is 2.10 bits per heavy atom. The quantitative estimate of drug-likeness (QED) is 0.854. The Morgan fingerprint density at radius 1 is 1.25 bits per heavy atom. The van der Waals surface area contributed by atoms with Crippen molar-refractivity contribution in [2.24, 2.45) is 0 Å². The van der Waals surface area contributed by atoms with Crippen LogP contribution in [0.2, 0.25) is 0 Å². The van der Waals surface area contributed by atoms with Crippen LogP contribution in [0.4, 0.5) is 5.69 Å². The molecule has 1 aliphatic rings. The Kier molecular flexibility index (Phi) is 3.13. The third kappa shape index (κ3) is 2.36. The van der Waals surface area contributed by atoms with Gasteiger partial charge in [-0.15, -0.1) is 0 Å². The van der Waals surface area contributed by atoms with Crippen molar-refractivity contribution in [2.45, 2.75) is 6.54 Å². The van der Waals surface area contributed by atoms with Crippen molar-refractivity contribution in [3.63, 3.8) is 0 Å². The minimum Gasteiger partial charge on any atom is -0.454 e. The Balaban J connectivity index is 1.75. The number of anilines is 1. The molecule has 5 nitrogen and oxygen atoms in total. The van der Waals surface area contributed by atoms with Crippen LogP contribution >= 0.6 is 0 Å². The fourth-order valence-corrected chi connectivity index (χ4v) is 2.08. The first kappa shape index (κ1) is 12.3. The van der Waals surface area contributed by atoms with E-state index in [1.54, 1.807) is 12.3 Å². The van der Waals surface area contributed by atoms with Crippen molar-refractivity contribution < 1.29 is 9.47 Å². The number of pyridine rings is 1. The van der Waals surface area contributed by atoms with Crippen LogP contribution < -0.4 is 14.4 Å². The molecule has 0 amide bonds. The Morgan fingerprint density at radius 3 is 2.85 bits per heavy atom. The second kappa shape index (κ2) is 5.10. The molecule has 0 unspecified atom stereocenters. The molecular formula is C15H13N3O2. The van der Waals surface area contributed by atoms with E-state index in [-0.39, 0.29) is 6.79 Å². The third-order valence-corrected chi connectivity index (χ3v) is 3.16. The highest BCUT2D eigenvalue weighted by Crippen LogP contribution is 2.33. The number of hydrogen-bond acceptors (Lipinski definition) is 5. The second-order valence-corrected chi connectivity index (χ2v) is 4.56. The number of fused-ring (bicyclic) bond motifs is 1. The monoisotopic (exact) mass is 267 g/mol. The summed E-state index contributed by atoms with van der Waals surface area (Å²) in [4.78, 5) is 6.13. The maximum atomic E-state index is 8.74. The van der Waals surface area contributed by atoms with Gasteiger partial charge in [-0.3, -0.25) is 0 Å². The summed E-state index contributed by atoms with van der Waals surface area (Å²) < 4.78 is 10.7. The maximum Gasteiger partial charge on any atom is 0.231 e. The van der Waals surface area contributed by atoms with Crippen LogP contribution in [0.15, 0.2) is 36.5 Å². The minimum atomic E-state index is 0.286. The molecule has 100 valence electrons. The summed E-state index contributed by atoms with van der Waals surface area (Å²) in [5.41, 5.74) is 2.51. The van der Waals surface area contributed by atoms with Gasteiger partial charge < -0.3 is 14.4 Å². The van der Waals surface area contributed by atoms with E-state index in [2.05, 4.69) is 9.88 Å². The van der Waals surface area contributed by atoms with E-state index in [4.69, 9.17) is 14.7 Å². The average Bonchev–Trinajstić information content (AvgIpc) is 2.95. The molecule has 0 N–H and O–H groups in total. The van der Waals surface area contributed by atoms with Gasteiger partial charge in [0.25, 0.3) is 0 Å². The number of nitriles is 1. The van der Waals surface area contributed by atoms with Crippen LogP contribution in [0.1, 0.15) is 11.3 Å². The van der Waals surface area contributed by atoms with Crippen molar-refractivity contribution in [3.8, 4) is 17.6 Å². The lowest BCUT2D eigenvalue weighted by atomic mass is 10.2. The van der Waals surface area contributed by atoms with Crippen molar-refractivity contribution in [2.75, 3.05) is 18.7 Å². The second-order valence-electron chi connectivity index (χ2n) is 4.56. The van der Waals surface area contributed by atoms with Crippen LogP contribution in [0.25, 0.3) is 0 Å². The molecule has 0 spiro atoms. The van der Waals surface area contributed by atoms with Gasteiger partial charge in [0.1, 0.15) is 11.8 Å². The molecule has 1 aliphatic heterocycles. The molecule has 3 rings (SSSR count). The minimum absolute atomic E-state index is 0.286. The van der Waals surface area contributed by atoms with Crippen molar-refractivity contribution in [1.82, 2.24) is 4.98 Å². The topological polar surface area (TPSA) is 58.4 Å². The van der Waals surface area contributed by atoms with E-state index in [0.717, 1.165) is 29.3 Å². The Bertz CT molecular complexity index is 662. The first-order chi connectivity index (χ1) is 9.76. The zero-order valence-electron chi connectivity index (χ0n) is 11.0. The Hall–Kier alpha value is -2.74. The number of aromatic nitrogens is 1. The summed E-state index contributed by atoms with van der Waals surface area (Å²) in [6.07, 6.45) is 1.70. The zero-order valence-corrected chi connectivity index (χ0v) is 11.0. The summed E-state index contributed by atoms with van der Waals surface area (Å²) in [5, 5.41) is 8.74. The highest BCUT2D eigenvalue weighted by molar-refractivity contribution is 5.48. The van der Waals surface area contributed by atoms with Gasteiger partial charge in [0, 0.05) is 13.6 Å². The van der Waals surface area contributed by atoms with Crippen LogP contribution in [-0.4, -0.2) is 18.8 Å².